The zero-order valence-electron chi connectivity index (χ0n) is 12.0. The Bertz CT molecular complexity index is 591. The van der Waals surface area contributed by atoms with Crippen LogP contribution in [0.1, 0.15) is 49.7 Å². The average molecular weight is 326 g/mol. The van der Waals surface area contributed by atoms with E-state index in [9.17, 15) is 8.42 Å². The second-order valence-corrected chi connectivity index (χ2v) is 7.78. The molecule has 0 bridgehead atoms. The van der Waals surface area contributed by atoms with Crippen LogP contribution >= 0.6 is 12.2 Å². The summed E-state index contributed by atoms with van der Waals surface area (Å²) in [6, 6.07) is 7.20. The van der Waals surface area contributed by atoms with Crippen molar-refractivity contribution in [3.63, 3.8) is 0 Å². The van der Waals surface area contributed by atoms with Crippen molar-refractivity contribution in [1.29, 1.82) is 0 Å². The van der Waals surface area contributed by atoms with Gasteiger partial charge in [0, 0.05) is 11.6 Å². The topological polar surface area (TPSA) is 72.2 Å². The van der Waals surface area contributed by atoms with Crippen LogP contribution in [0, 0.1) is 0 Å². The summed E-state index contributed by atoms with van der Waals surface area (Å²) in [6.45, 7) is 0. The lowest BCUT2D eigenvalue weighted by Gasteiger charge is -2.17. The third-order valence-corrected chi connectivity index (χ3v) is 5.43. The number of nitrogens with two attached hydrogens (primary N) is 1. The van der Waals surface area contributed by atoms with Crippen LogP contribution in [-0.2, 0) is 15.8 Å². The Kier molecular flexibility index (Phi) is 5.72. The van der Waals surface area contributed by atoms with Crippen molar-refractivity contribution >= 4 is 27.2 Å². The van der Waals surface area contributed by atoms with E-state index in [0.29, 0.717) is 11.1 Å². The Morgan fingerprint density at radius 3 is 2.43 bits per heavy atom. The Morgan fingerprint density at radius 1 is 1.19 bits per heavy atom. The van der Waals surface area contributed by atoms with Gasteiger partial charge in [0.25, 0.3) is 0 Å². The Hall–Kier alpha value is -0.980. The van der Waals surface area contributed by atoms with Gasteiger partial charge >= 0.3 is 0 Å². The van der Waals surface area contributed by atoms with Crippen LogP contribution < -0.4 is 10.5 Å². The molecule has 1 fully saturated rings. The van der Waals surface area contributed by atoms with Crippen LogP contribution in [0.4, 0.5) is 0 Å². The van der Waals surface area contributed by atoms with Crippen LogP contribution in [0.15, 0.2) is 24.3 Å². The largest absolute Gasteiger partial charge is 0.389 e. The van der Waals surface area contributed by atoms with E-state index in [-0.39, 0.29) is 16.8 Å². The van der Waals surface area contributed by atoms with Gasteiger partial charge in [-0.2, -0.15) is 0 Å². The van der Waals surface area contributed by atoms with E-state index >= 15 is 0 Å². The normalized spacial score (nSPS) is 17.3. The molecule has 0 heterocycles. The Labute approximate surface area is 132 Å². The molecule has 0 unspecified atom stereocenters. The van der Waals surface area contributed by atoms with Crippen molar-refractivity contribution in [2.45, 2.75) is 50.3 Å². The maximum atomic E-state index is 12.4. The zero-order valence-corrected chi connectivity index (χ0v) is 13.7. The molecule has 1 aromatic carbocycles. The molecule has 6 heteroatoms. The summed E-state index contributed by atoms with van der Waals surface area (Å²) in [5, 5.41) is 0. The minimum absolute atomic E-state index is 0.0643. The molecule has 4 nitrogen and oxygen atoms in total. The first-order valence-electron chi connectivity index (χ1n) is 7.36. The number of sulfonamides is 1. The SMILES string of the molecule is NC(=S)c1ccccc1CS(=O)(=O)NC1CCCCCC1. The molecule has 1 aliphatic rings. The smallest absolute Gasteiger partial charge is 0.216 e. The zero-order chi connectivity index (χ0) is 15.3. The number of hydrogen-bond donors (Lipinski definition) is 2. The third kappa shape index (κ3) is 5.05. The van der Waals surface area contributed by atoms with Gasteiger partial charge in [-0.15, -0.1) is 0 Å². The van der Waals surface area contributed by atoms with Crippen molar-refractivity contribution < 1.29 is 8.42 Å². The van der Waals surface area contributed by atoms with Gasteiger partial charge in [0.05, 0.1) is 5.75 Å². The molecule has 1 saturated carbocycles. The molecule has 0 amide bonds. The average Bonchev–Trinajstić information content (AvgIpc) is 2.66. The van der Waals surface area contributed by atoms with Crippen LogP contribution in [0.5, 0.6) is 0 Å². The molecule has 0 atom stereocenters. The van der Waals surface area contributed by atoms with E-state index in [1.165, 1.54) is 12.8 Å². The second-order valence-electron chi connectivity index (χ2n) is 5.59. The molecule has 2 rings (SSSR count). The predicted octanol–water partition coefficient (Wildman–Crippen LogP) is 2.46. The van der Waals surface area contributed by atoms with Gasteiger partial charge in [-0.25, -0.2) is 13.1 Å². The lowest BCUT2D eigenvalue weighted by molar-refractivity contribution is 0.509. The molecular formula is C15H22N2O2S2. The lowest BCUT2D eigenvalue weighted by Crippen LogP contribution is -2.35. The van der Waals surface area contributed by atoms with Crippen LogP contribution in [-0.4, -0.2) is 19.4 Å². The lowest BCUT2D eigenvalue weighted by atomic mass is 10.1. The first kappa shape index (κ1) is 16.4. The predicted molar refractivity (Wildman–Crippen MR) is 89.6 cm³/mol. The molecule has 0 aromatic heterocycles. The molecule has 0 aliphatic heterocycles. The van der Waals surface area contributed by atoms with E-state index in [0.717, 1.165) is 25.7 Å². The second kappa shape index (κ2) is 7.33. The highest BCUT2D eigenvalue weighted by Crippen LogP contribution is 2.19. The van der Waals surface area contributed by atoms with Gasteiger partial charge in [0.15, 0.2) is 0 Å². The molecule has 21 heavy (non-hydrogen) atoms. The van der Waals surface area contributed by atoms with Crippen LogP contribution in [0.2, 0.25) is 0 Å². The minimum atomic E-state index is -3.37. The summed E-state index contributed by atoms with van der Waals surface area (Å²) < 4.78 is 27.6. The van der Waals surface area contributed by atoms with Crippen molar-refractivity contribution in [2.24, 2.45) is 5.73 Å². The Morgan fingerprint density at radius 2 is 1.81 bits per heavy atom. The molecule has 0 radical (unpaired) electrons. The van der Waals surface area contributed by atoms with Crippen molar-refractivity contribution in [3.8, 4) is 0 Å². The van der Waals surface area contributed by atoms with Gasteiger partial charge in [-0.1, -0.05) is 62.2 Å². The summed E-state index contributed by atoms with van der Waals surface area (Å²) in [7, 11) is -3.37. The highest BCUT2D eigenvalue weighted by Gasteiger charge is 2.21. The molecular weight excluding hydrogens is 304 g/mol. The first-order valence-corrected chi connectivity index (χ1v) is 9.42. The van der Waals surface area contributed by atoms with Gasteiger partial charge in [-0.3, -0.25) is 0 Å². The van der Waals surface area contributed by atoms with E-state index in [1.807, 2.05) is 6.07 Å². The number of benzene rings is 1. The maximum Gasteiger partial charge on any atom is 0.216 e. The van der Waals surface area contributed by atoms with E-state index in [2.05, 4.69) is 4.72 Å². The minimum Gasteiger partial charge on any atom is -0.389 e. The summed E-state index contributed by atoms with van der Waals surface area (Å²) in [4.78, 5) is 0.232. The summed E-state index contributed by atoms with van der Waals surface area (Å²) >= 11 is 4.98. The standard InChI is InChI=1S/C15H22N2O2S2/c16-15(20)14-10-6-5-7-12(14)11-21(18,19)17-13-8-3-1-2-4-9-13/h5-7,10,13,17H,1-4,8-9,11H2,(H2,16,20). The fourth-order valence-electron chi connectivity index (χ4n) is 2.78. The van der Waals surface area contributed by atoms with Gasteiger partial charge in [0.2, 0.25) is 10.0 Å². The maximum absolute atomic E-state index is 12.4. The Balaban J connectivity index is 2.08. The molecule has 0 saturated heterocycles. The summed E-state index contributed by atoms with van der Waals surface area (Å²) in [5.41, 5.74) is 6.95. The van der Waals surface area contributed by atoms with E-state index < -0.39 is 10.0 Å². The molecule has 0 spiro atoms. The highest BCUT2D eigenvalue weighted by molar-refractivity contribution is 7.88. The number of thiocarbonyl (C=S) groups is 1. The fraction of sp³-hybridized carbons (Fsp3) is 0.533. The molecule has 1 aromatic rings. The fourth-order valence-corrected chi connectivity index (χ4v) is 4.47. The molecule has 1 aliphatic carbocycles. The van der Waals surface area contributed by atoms with E-state index in [4.69, 9.17) is 18.0 Å². The van der Waals surface area contributed by atoms with Crippen molar-refractivity contribution in [3.05, 3.63) is 35.4 Å². The van der Waals surface area contributed by atoms with E-state index in [1.54, 1.807) is 18.2 Å². The summed E-state index contributed by atoms with van der Waals surface area (Å²) in [5.74, 6) is -0.0724. The van der Waals surface area contributed by atoms with Crippen molar-refractivity contribution in [1.82, 2.24) is 4.72 Å². The van der Waals surface area contributed by atoms with Gasteiger partial charge < -0.3 is 5.73 Å². The summed E-state index contributed by atoms with van der Waals surface area (Å²) in [6.07, 6.45) is 6.44. The number of rotatable bonds is 5. The van der Waals surface area contributed by atoms with Gasteiger partial charge in [-0.05, 0) is 18.4 Å². The van der Waals surface area contributed by atoms with Gasteiger partial charge in [0.1, 0.15) is 4.99 Å². The monoisotopic (exact) mass is 326 g/mol. The molecule has 116 valence electrons. The number of nitrogens with one attached hydrogen (secondary N) is 1. The number of hydrogen-bond acceptors (Lipinski definition) is 3. The highest BCUT2D eigenvalue weighted by atomic mass is 32.2. The third-order valence-electron chi connectivity index (χ3n) is 3.83. The quantitative estimate of drug-likeness (QED) is 0.644. The first-order chi connectivity index (χ1) is 9.98. The van der Waals surface area contributed by atoms with Crippen LogP contribution in [0.3, 0.4) is 0 Å². The van der Waals surface area contributed by atoms with Crippen molar-refractivity contribution in [2.75, 3.05) is 0 Å². The van der Waals surface area contributed by atoms with Crippen LogP contribution in [0.25, 0.3) is 0 Å². The molecule has 3 N–H and O–H groups in total.